The molecule has 0 aromatic carbocycles. The van der Waals surface area contributed by atoms with Crippen LogP contribution in [-0.2, 0) is 0 Å². The third-order valence-corrected chi connectivity index (χ3v) is 2.75. The summed E-state index contributed by atoms with van der Waals surface area (Å²) in [5, 5.41) is 0.781. The SMILES string of the molecule is COc1ncccc1-c1c[nH]c2ncnc(N)c12. The van der Waals surface area contributed by atoms with Crippen LogP contribution in [0.1, 0.15) is 0 Å². The lowest BCUT2D eigenvalue weighted by atomic mass is 10.1. The minimum atomic E-state index is 0.433. The maximum Gasteiger partial charge on any atom is 0.221 e. The molecule has 0 saturated carbocycles. The Balaban J connectivity index is 2.32. The van der Waals surface area contributed by atoms with E-state index in [0.29, 0.717) is 17.3 Å². The number of hydrogen-bond acceptors (Lipinski definition) is 5. The van der Waals surface area contributed by atoms with Crippen molar-refractivity contribution in [2.45, 2.75) is 0 Å². The Kier molecular flexibility index (Phi) is 2.33. The van der Waals surface area contributed by atoms with Crippen molar-refractivity contribution in [2.24, 2.45) is 0 Å². The van der Waals surface area contributed by atoms with Crippen molar-refractivity contribution in [1.29, 1.82) is 0 Å². The van der Waals surface area contributed by atoms with E-state index in [4.69, 9.17) is 10.5 Å². The normalized spacial score (nSPS) is 10.7. The van der Waals surface area contributed by atoms with Crippen LogP contribution in [0.4, 0.5) is 5.82 Å². The van der Waals surface area contributed by atoms with Crippen LogP contribution in [0.25, 0.3) is 22.2 Å². The number of aromatic nitrogens is 4. The van der Waals surface area contributed by atoms with Gasteiger partial charge in [-0.15, -0.1) is 0 Å². The van der Waals surface area contributed by atoms with Gasteiger partial charge in [-0.3, -0.25) is 0 Å². The number of ether oxygens (including phenoxy) is 1. The molecule has 0 spiro atoms. The van der Waals surface area contributed by atoms with Crippen LogP contribution in [0.5, 0.6) is 5.88 Å². The number of aromatic amines is 1. The van der Waals surface area contributed by atoms with Crippen LogP contribution >= 0.6 is 0 Å². The van der Waals surface area contributed by atoms with Crippen molar-refractivity contribution in [3.05, 3.63) is 30.9 Å². The van der Waals surface area contributed by atoms with Gasteiger partial charge in [0.1, 0.15) is 17.8 Å². The van der Waals surface area contributed by atoms with Crippen molar-refractivity contribution in [2.75, 3.05) is 12.8 Å². The van der Waals surface area contributed by atoms with Crippen molar-refractivity contribution in [1.82, 2.24) is 19.9 Å². The van der Waals surface area contributed by atoms with Crippen molar-refractivity contribution < 1.29 is 4.74 Å². The molecule has 3 aromatic heterocycles. The third-order valence-electron chi connectivity index (χ3n) is 2.75. The molecule has 3 N–H and O–H groups in total. The van der Waals surface area contributed by atoms with Crippen LogP contribution in [0, 0.1) is 0 Å². The molecule has 18 heavy (non-hydrogen) atoms. The predicted octanol–water partition coefficient (Wildman–Crippen LogP) is 1.61. The lowest BCUT2D eigenvalue weighted by molar-refractivity contribution is 0.400. The molecule has 0 bridgehead atoms. The molecule has 6 heteroatoms. The van der Waals surface area contributed by atoms with Gasteiger partial charge >= 0.3 is 0 Å². The molecule has 0 aliphatic heterocycles. The monoisotopic (exact) mass is 241 g/mol. The molecule has 3 rings (SSSR count). The van der Waals surface area contributed by atoms with Crippen molar-refractivity contribution >= 4 is 16.9 Å². The Morgan fingerprint density at radius 1 is 1.22 bits per heavy atom. The number of H-pyrrole nitrogens is 1. The van der Waals surface area contributed by atoms with Crippen LogP contribution in [-0.4, -0.2) is 27.0 Å². The Bertz CT molecular complexity index is 707. The summed E-state index contributed by atoms with van der Waals surface area (Å²) < 4.78 is 5.25. The minimum absolute atomic E-state index is 0.433. The van der Waals surface area contributed by atoms with E-state index in [0.717, 1.165) is 16.5 Å². The first-order valence-electron chi connectivity index (χ1n) is 5.38. The first kappa shape index (κ1) is 10.5. The number of pyridine rings is 1. The fraction of sp³-hybridized carbons (Fsp3) is 0.0833. The van der Waals surface area contributed by atoms with E-state index in [1.165, 1.54) is 6.33 Å². The van der Waals surface area contributed by atoms with Gasteiger partial charge in [0.05, 0.1) is 12.5 Å². The van der Waals surface area contributed by atoms with E-state index in [1.807, 2.05) is 18.3 Å². The summed E-state index contributed by atoms with van der Waals surface area (Å²) in [4.78, 5) is 15.4. The molecule has 0 fully saturated rings. The fourth-order valence-electron chi connectivity index (χ4n) is 1.96. The number of rotatable bonds is 2. The van der Waals surface area contributed by atoms with Crippen LogP contribution in [0.15, 0.2) is 30.9 Å². The van der Waals surface area contributed by atoms with Crippen LogP contribution in [0.2, 0.25) is 0 Å². The molecule has 3 aromatic rings. The van der Waals surface area contributed by atoms with E-state index < -0.39 is 0 Å². The lowest BCUT2D eigenvalue weighted by Gasteiger charge is -2.06. The maximum atomic E-state index is 5.90. The van der Waals surface area contributed by atoms with Crippen LogP contribution < -0.4 is 10.5 Å². The Labute approximate surface area is 103 Å². The second-order valence-electron chi connectivity index (χ2n) is 3.75. The zero-order valence-electron chi connectivity index (χ0n) is 9.71. The summed E-state index contributed by atoms with van der Waals surface area (Å²) >= 11 is 0. The lowest BCUT2D eigenvalue weighted by Crippen LogP contribution is -1.94. The van der Waals surface area contributed by atoms with E-state index in [9.17, 15) is 0 Å². The average Bonchev–Trinajstić information content (AvgIpc) is 2.84. The Hall–Kier alpha value is -2.63. The number of nitrogens with one attached hydrogen (secondary N) is 1. The largest absolute Gasteiger partial charge is 0.481 e. The summed E-state index contributed by atoms with van der Waals surface area (Å²) in [6.07, 6.45) is 4.94. The van der Waals surface area contributed by atoms with E-state index >= 15 is 0 Å². The molecule has 0 unspecified atom stereocenters. The zero-order valence-corrected chi connectivity index (χ0v) is 9.71. The number of nitrogens with two attached hydrogens (primary N) is 1. The summed E-state index contributed by atoms with van der Waals surface area (Å²) in [7, 11) is 1.58. The molecule has 0 aliphatic carbocycles. The average molecular weight is 241 g/mol. The van der Waals surface area contributed by atoms with Gasteiger partial charge in [-0.1, -0.05) is 0 Å². The molecule has 0 saturated heterocycles. The molecule has 0 radical (unpaired) electrons. The molecule has 3 heterocycles. The molecule has 90 valence electrons. The Morgan fingerprint density at radius 2 is 2.11 bits per heavy atom. The predicted molar refractivity (Wildman–Crippen MR) is 68.1 cm³/mol. The number of methoxy groups -OCH3 is 1. The fourth-order valence-corrected chi connectivity index (χ4v) is 1.96. The number of fused-ring (bicyclic) bond motifs is 1. The highest BCUT2D eigenvalue weighted by Gasteiger charge is 2.14. The second-order valence-corrected chi connectivity index (χ2v) is 3.75. The molecule has 6 nitrogen and oxygen atoms in total. The second kappa shape index (κ2) is 3.99. The topological polar surface area (TPSA) is 89.7 Å². The quantitative estimate of drug-likeness (QED) is 0.711. The number of nitrogens with zero attached hydrogens (tertiary/aromatic N) is 3. The summed E-state index contributed by atoms with van der Waals surface area (Å²) in [5.41, 5.74) is 8.33. The van der Waals surface area contributed by atoms with Gasteiger partial charge in [-0.05, 0) is 12.1 Å². The van der Waals surface area contributed by atoms with E-state index in [1.54, 1.807) is 13.3 Å². The number of anilines is 1. The van der Waals surface area contributed by atoms with Gasteiger partial charge in [-0.25, -0.2) is 15.0 Å². The van der Waals surface area contributed by atoms with E-state index in [-0.39, 0.29) is 0 Å². The number of hydrogen-bond donors (Lipinski definition) is 2. The maximum absolute atomic E-state index is 5.90. The van der Waals surface area contributed by atoms with Crippen molar-refractivity contribution in [3.63, 3.8) is 0 Å². The van der Waals surface area contributed by atoms with Gasteiger partial charge in [0, 0.05) is 23.5 Å². The zero-order chi connectivity index (χ0) is 12.5. The highest BCUT2D eigenvalue weighted by molar-refractivity contribution is 6.00. The highest BCUT2D eigenvalue weighted by atomic mass is 16.5. The van der Waals surface area contributed by atoms with Crippen LogP contribution in [0.3, 0.4) is 0 Å². The summed E-state index contributed by atoms with van der Waals surface area (Å²) in [5.74, 6) is 0.976. The molecular formula is C12H11N5O. The van der Waals surface area contributed by atoms with E-state index in [2.05, 4.69) is 19.9 Å². The summed E-state index contributed by atoms with van der Waals surface area (Å²) in [6, 6.07) is 3.76. The smallest absolute Gasteiger partial charge is 0.221 e. The first-order valence-corrected chi connectivity index (χ1v) is 5.38. The molecular weight excluding hydrogens is 230 g/mol. The van der Waals surface area contributed by atoms with Gasteiger partial charge in [-0.2, -0.15) is 0 Å². The summed E-state index contributed by atoms with van der Waals surface area (Å²) in [6.45, 7) is 0. The number of nitrogen functional groups attached to an aromatic ring is 1. The molecule has 0 amide bonds. The standard InChI is InChI=1S/C12H11N5O/c1-18-12-7(3-2-4-14-12)8-5-15-11-9(8)10(13)16-6-17-11/h2-6H,1H3,(H3,13,15,16,17). The molecule has 0 atom stereocenters. The third kappa shape index (κ3) is 1.46. The van der Waals surface area contributed by atoms with Gasteiger partial charge in [0.25, 0.3) is 0 Å². The first-order chi connectivity index (χ1) is 8.81. The van der Waals surface area contributed by atoms with Crippen molar-refractivity contribution in [3.8, 4) is 17.0 Å². The van der Waals surface area contributed by atoms with Gasteiger partial charge in [0.2, 0.25) is 5.88 Å². The minimum Gasteiger partial charge on any atom is -0.481 e. The molecule has 0 aliphatic rings. The van der Waals surface area contributed by atoms with Gasteiger partial charge in [0.15, 0.2) is 0 Å². The highest BCUT2D eigenvalue weighted by Crippen LogP contribution is 2.34. The van der Waals surface area contributed by atoms with Gasteiger partial charge < -0.3 is 15.5 Å². The Morgan fingerprint density at radius 3 is 2.94 bits per heavy atom.